The number of halogens is 2. The lowest BCUT2D eigenvalue weighted by atomic mass is 10.2. The van der Waals surface area contributed by atoms with E-state index in [0.29, 0.717) is 16.5 Å². The third-order valence-electron chi connectivity index (χ3n) is 2.98. The van der Waals surface area contributed by atoms with Gasteiger partial charge in [-0.2, -0.15) is 0 Å². The lowest BCUT2D eigenvalue weighted by Gasteiger charge is -2.05. The van der Waals surface area contributed by atoms with E-state index in [1.165, 1.54) is 6.42 Å². The van der Waals surface area contributed by atoms with Crippen molar-refractivity contribution in [2.24, 2.45) is 11.8 Å². The normalized spacial score (nSPS) is 22.9. The first-order valence-corrected chi connectivity index (χ1v) is 6.48. The molecule has 1 N–H and O–H groups in total. The van der Waals surface area contributed by atoms with Gasteiger partial charge < -0.3 is 5.32 Å². The molecule has 1 saturated carbocycles. The van der Waals surface area contributed by atoms with Crippen LogP contribution in [0.3, 0.4) is 0 Å². The standard InChI is InChI=1S/C12H13BrClNO/c1-7-4-9(7)6-15-12(16)8-2-3-10(13)11(14)5-8/h2-3,5,7,9H,4,6H2,1H3,(H,15,16). The smallest absolute Gasteiger partial charge is 0.251 e. The molecule has 0 bridgehead atoms. The number of rotatable bonds is 3. The van der Waals surface area contributed by atoms with Gasteiger partial charge >= 0.3 is 0 Å². The Labute approximate surface area is 108 Å². The van der Waals surface area contributed by atoms with Gasteiger partial charge in [0.1, 0.15) is 0 Å². The van der Waals surface area contributed by atoms with Crippen LogP contribution in [0.25, 0.3) is 0 Å². The number of carbonyl (C=O) groups is 1. The van der Waals surface area contributed by atoms with Gasteiger partial charge in [0.05, 0.1) is 5.02 Å². The van der Waals surface area contributed by atoms with Crippen LogP contribution in [0, 0.1) is 11.8 Å². The van der Waals surface area contributed by atoms with E-state index in [-0.39, 0.29) is 5.91 Å². The zero-order valence-corrected chi connectivity index (χ0v) is 11.3. The summed E-state index contributed by atoms with van der Waals surface area (Å²) in [6.45, 7) is 2.97. The van der Waals surface area contributed by atoms with E-state index in [0.717, 1.165) is 16.9 Å². The first-order valence-electron chi connectivity index (χ1n) is 5.31. The van der Waals surface area contributed by atoms with Crippen molar-refractivity contribution in [1.82, 2.24) is 5.32 Å². The highest BCUT2D eigenvalue weighted by Gasteiger charge is 2.32. The maximum absolute atomic E-state index is 11.8. The Kier molecular flexibility index (Phi) is 3.55. The van der Waals surface area contributed by atoms with Crippen LogP contribution in [0.4, 0.5) is 0 Å². The van der Waals surface area contributed by atoms with Gasteiger partial charge in [0.25, 0.3) is 5.91 Å². The van der Waals surface area contributed by atoms with Crippen molar-refractivity contribution in [1.29, 1.82) is 0 Å². The summed E-state index contributed by atoms with van der Waals surface area (Å²) in [7, 11) is 0. The van der Waals surface area contributed by atoms with Gasteiger partial charge in [0, 0.05) is 16.6 Å². The summed E-state index contributed by atoms with van der Waals surface area (Å²) in [6.07, 6.45) is 1.22. The summed E-state index contributed by atoms with van der Waals surface area (Å²) in [5.74, 6) is 1.37. The van der Waals surface area contributed by atoms with E-state index < -0.39 is 0 Å². The molecule has 86 valence electrons. The third-order valence-corrected chi connectivity index (χ3v) is 4.22. The van der Waals surface area contributed by atoms with Gasteiger partial charge in [0.15, 0.2) is 0 Å². The Morgan fingerprint density at radius 1 is 1.62 bits per heavy atom. The molecule has 2 rings (SSSR count). The van der Waals surface area contributed by atoms with Crippen molar-refractivity contribution in [3.05, 3.63) is 33.3 Å². The van der Waals surface area contributed by atoms with Crippen LogP contribution in [0.2, 0.25) is 5.02 Å². The Balaban J connectivity index is 1.95. The molecule has 4 heteroatoms. The second-order valence-corrected chi connectivity index (χ2v) is 5.57. The second-order valence-electron chi connectivity index (χ2n) is 4.31. The fraction of sp³-hybridized carbons (Fsp3) is 0.417. The second kappa shape index (κ2) is 4.76. The van der Waals surface area contributed by atoms with Crippen LogP contribution in [0.5, 0.6) is 0 Å². The van der Waals surface area contributed by atoms with Gasteiger partial charge in [0.2, 0.25) is 0 Å². The molecule has 2 nitrogen and oxygen atoms in total. The molecule has 16 heavy (non-hydrogen) atoms. The Bertz CT molecular complexity index is 421. The lowest BCUT2D eigenvalue weighted by Crippen LogP contribution is -2.25. The Morgan fingerprint density at radius 2 is 2.31 bits per heavy atom. The minimum Gasteiger partial charge on any atom is -0.352 e. The number of benzene rings is 1. The third kappa shape index (κ3) is 2.77. The van der Waals surface area contributed by atoms with E-state index in [9.17, 15) is 4.79 Å². The SMILES string of the molecule is CC1CC1CNC(=O)c1ccc(Br)c(Cl)c1. The molecule has 0 heterocycles. The maximum atomic E-state index is 11.8. The van der Waals surface area contributed by atoms with Crippen LogP contribution >= 0.6 is 27.5 Å². The zero-order valence-electron chi connectivity index (χ0n) is 8.97. The molecule has 1 amide bonds. The summed E-state index contributed by atoms with van der Waals surface area (Å²) in [4.78, 5) is 11.8. The Hall–Kier alpha value is -0.540. The average molecular weight is 303 g/mol. The van der Waals surface area contributed by atoms with Crippen molar-refractivity contribution in [2.45, 2.75) is 13.3 Å². The van der Waals surface area contributed by atoms with Crippen molar-refractivity contribution in [2.75, 3.05) is 6.54 Å². The minimum atomic E-state index is -0.0477. The molecule has 1 aromatic carbocycles. The molecule has 0 radical (unpaired) electrons. The monoisotopic (exact) mass is 301 g/mol. The lowest BCUT2D eigenvalue weighted by molar-refractivity contribution is 0.0951. The maximum Gasteiger partial charge on any atom is 0.251 e. The van der Waals surface area contributed by atoms with Crippen molar-refractivity contribution in [3.63, 3.8) is 0 Å². The topological polar surface area (TPSA) is 29.1 Å². The van der Waals surface area contributed by atoms with Crippen molar-refractivity contribution >= 4 is 33.4 Å². The Morgan fingerprint density at radius 3 is 2.88 bits per heavy atom. The predicted molar refractivity (Wildman–Crippen MR) is 68.8 cm³/mol. The van der Waals surface area contributed by atoms with E-state index in [2.05, 4.69) is 28.2 Å². The molecule has 0 spiro atoms. The molecule has 0 aromatic heterocycles. The predicted octanol–water partition coefficient (Wildman–Crippen LogP) is 3.49. The molecule has 1 aliphatic rings. The van der Waals surface area contributed by atoms with Gasteiger partial charge in [-0.1, -0.05) is 18.5 Å². The number of hydrogen-bond donors (Lipinski definition) is 1. The first-order chi connectivity index (χ1) is 7.58. The van der Waals surface area contributed by atoms with Crippen LogP contribution < -0.4 is 5.32 Å². The summed E-state index contributed by atoms with van der Waals surface area (Å²) in [5.41, 5.74) is 0.613. The van der Waals surface area contributed by atoms with Crippen LogP contribution in [0.15, 0.2) is 22.7 Å². The number of nitrogens with one attached hydrogen (secondary N) is 1. The summed E-state index contributed by atoms with van der Waals surface area (Å²) in [5, 5.41) is 3.49. The number of hydrogen-bond acceptors (Lipinski definition) is 1. The highest BCUT2D eigenvalue weighted by molar-refractivity contribution is 9.10. The van der Waals surface area contributed by atoms with Crippen LogP contribution in [-0.4, -0.2) is 12.5 Å². The van der Waals surface area contributed by atoms with Crippen molar-refractivity contribution in [3.8, 4) is 0 Å². The minimum absolute atomic E-state index is 0.0477. The van der Waals surface area contributed by atoms with E-state index >= 15 is 0 Å². The molecule has 1 fully saturated rings. The molecule has 0 aliphatic heterocycles. The summed E-state index contributed by atoms with van der Waals surface area (Å²) in [6, 6.07) is 5.23. The average Bonchev–Trinajstić information content (AvgIpc) is 2.95. The highest BCUT2D eigenvalue weighted by atomic mass is 79.9. The molecule has 0 saturated heterocycles. The van der Waals surface area contributed by atoms with Crippen LogP contribution in [-0.2, 0) is 0 Å². The van der Waals surface area contributed by atoms with Crippen LogP contribution in [0.1, 0.15) is 23.7 Å². The largest absolute Gasteiger partial charge is 0.352 e. The number of carbonyl (C=O) groups excluding carboxylic acids is 1. The fourth-order valence-corrected chi connectivity index (χ4v) is 2.07. The first kappa shape index (κ1) is 11.9. The molecule has 1 aliphatic carbocycles. The summed E-state index contributed by atoms with van der Waals surface area (Å²) < 4.78 is 0.807. The molecule has 1 aromatic rings. The number of amides is 1. The van der Waals surface area contributed by atoms with E-state index in [4.69, 9.17) is 11.6 Å². The molecule has 2 atom stereocenters. The quantitative estimate of drug-likeness (QED) is 0.910. The van der Waals surface area contributed by atoms with Gasteiger partial charge in [-0.15, -0.1) is 0 Å². The highest BCUT2D eigenvalue weighted by Crippen LogP contribution is 2.36. The van der Waals surface area contributed by atoms with Gasteiger partial charge in [-0.05, 0) is 52.4 Å². The summed E-state index contributed by atoms with van der Waals surface area (Å²) >= 11 is 9.22. The van der Waals surface area contributed by atoms with E-state index in [1.54, 1.807) is 18.2 Å². The molecule has 2 unspecified atom stereocenters. The van der Waals surface area contributed by atoms with Gasteiger partial charge in [-0.3, -0.25) is 4.79 Å². The van der Waals surface area contributed by atoms with E-state index in [1.807, 2.05) is 0 Å². The fourth-order valence-electron chi connectivity index (χ4n) is 1.65. The molecular formula is C12H13BrClNO. The van der Waals surface area contributed by atoms with Gasteiger partial charge in [-0.25, -0.2) is 0 Å². The molecular weight excluding hydrogens is 289 g/mol. The van der Waals surface area contributed by atoms with Crippen molar-refractivity contribution < 1.29 is 4.79 Å². The zero-order chi connectivity index (χ0) is 11.7.